The van der Waals surface area contributed by atoms with Crippen molar-refractivity contribution in [2.45, 2.75) is 11.8 Å². The van der Waals surface area contributed by atoms with Crippen molar-refractivity contribution in [1.82, 2.24) is 4.90 Å². The third-order valence-electron chi connectivity index (χ3n) is 4.24. The van der Waals surface area contributed by atoms with Crippen molar-refractivity contribution >= 4 is 54.9 Å². The summed E-state index contributed by atoms with van der Waals surface area (Å²) in [6, 6.07) is 11.4. The first kappa shape index (κ1) is 22.4. The van der Waals surface area contributed by atoms with Crippen molar-refractivity contribution in [3.63, 3.8) is 0 Å². The Hall–Kier alpha value is -2.30. The molecule has 1 saturated heterocycles. The molecule has 0 aliphatic carbocycles. The predicted octanol–water partition coefficient (Wildman–Crippen LogP) is 4.15. The van der Waals surface area contributed by atoms with Gasteiger partial charge in [0.05, 0.1) is 24.0 Å². The Morgan fingerprint density at radius 2 is 1.83 bits per heavy atom. The second-order valence-corrected chi connectivity index (χ2v) is 9.60. The molecule has 0 bridgehead atoms. The number of amidine groups is 1. The summed E-state index contributed by atoms with van der Waals surface area (Å²) in [5.74, 6) is 0.841. The van der Waals surface area contributed by atoms with Crippen LogP contribution in [0.2, 0.25) is 0 Å². The maximum Gasteiger partial charge on any atom is 0.284 e. The number of methoxy groups -OCH3 is 2. The number of benzene rings is 2. The Balaban J connectivity index is 1.98. The molecule has 10 heteroatoms. The molecule has 3 rings (SSSR count). The van der Waals surface area contributed by atoms with E-state index in [4.69, 9.17) is 9.47 Å². The molecule has 1 aliphatic heterocycles. The molecule has 1 aliphatic rings. The molecule has 1 heterocycles. The average molecular weight is 511 g/mol. The number of hydrogen-bond donors (Lipinski definition) is 0. The molecular weight excluding hydrogens is 492 g/mol. The molecule has 1 amide bonds. The maximum absolute atomic E-state index is 12.8. The quantitative estimate of drug-likeness (QED) is 0.542. The number of nitrogens with zero attached hydrogens (tertiary/aromatic N) is 2. The lowest BCUT2D eigenvalue weighted by molar-refractivity contribution is -0.122. The van der Waals surface area contributed by atoms with Gasteiger partial charge >= 0.3 is 0 Å². The van der Waals surface area contributed by atoms with Crippen molar-refractivity contribution in [3.05, 3.63) is 57.4 Å². The van der Waals surface area contributed by atoms with Crippen LogP contribution >= 0.6 is 27.7 Å². The van der Waals surface area contributed by atoms with E-state index in [-0.39, 0.29) is 22.5 Å². The molecule has 0 spiro atoms. The van der Waals surface area contributed by atoms with Gasteiger partial charge < -0.3 is 9.47 Å². The van der Waals surface area contributed by atoms with Crippen LogP contribution in [0.3, 0.4) is 0 Å². The molecule has 2 aromatic carbocycles. The third kappa shape index (κ3) is 4.71. The van der Waals surface area contributed by atoms with Crippen LogP contribution in [-0.4, -0.2) is 45.2 Å². The highest BCUT2D eigenvalue weighted by atomic mass is 79.9. The van der Waals surface area contributed by atoms with Gasteiger partial charge in [0.15, 0.2) is 5.17 Å². The van der Waals surface area contributed by atoms with Gasteiger partial charge in [-0.1, -0.05) is 15.9 Å². The summed E-state index contributed by atoms with van der Waals surface area (Å²) in [6.07, 6.45) is 1.66. The van der Waals surface area contributed by atoms with Gasteiger partial charge in [-0.3, -0.25) is 9.69 Å². The number of hydrogen-bond acceptors (Lipinski definition) is 6. The minimum atomic E-state index is -3.96. The Kier molecular flexibility index (Phi) is 6.89. The molecule has 1 fully saturated rings. The monoisotopic (exact) mass is 510 g/mol. The number of rotatable bonds is 6. The van der Waals surface area contributed by atoms with E-state index in [1.54, 1.807) is 50.4 Å². The number of thioether (sulfide) groups is 1. The number of likely N-dealkylation sites (N-methyl/N-ethyl adjacent to an activating group) is 1. The molecule has 0 atom stereocenters. The fourth-order valence-corrected chi connectivity index (χ4v) is 5.20. The largest absolute Gasteiger partial charge is 0.497 e. The minimum absolute atomic E-state index is 0.0524. The highest BCUT2D eigenvalue weighted by molar-refractivity contribution is 9.10. The summed E-state index contributed by atoms with van der Waals surface area (Å²) in [4.78, 5) is 14.6. The second kappa shape index (κ2) is 9.23. The van der Waals surface area contributed by atoms with Crippen LogP contribution in [0.25, 0.3) is 6.08 Å². The number of ether oxygens (including phenoxy) is 2. The van der Waals surface area contributed by atoms with Crippen molar-refractivity contribution in [2.75, 3.05) is 20.8 Å². The van der Waals surface area contributed by atoms with Gasteiger partial charge in [-0.15, -0.1) is 4.40 Å². The summed E-state index contributed by atoms with van der Waals surface area (Å²) >= 11 is 4.29. The molecule has 7 nitrogen and oxygen atoms in total. The van der Waals surface area contributed by atoms with Crippen molar-refractivity contribution in [3.8, 4) is 11.5 Å². The lowest BCUT2D eigenvalue weighted by atomic mass is 10.1. The van der Waals surface area contributed by atoms with E-state index in [9.17, 15) is 13.2 Å². The summed E-state index contributed by atoms with van der Waals surface area (Å²) in [5.41, 5.74) is 0.669. The Labute approximate surface area is 188 Å². The smallest absolute Gasteiger partial charge is 0.284 e. The van der Waals surface area contributed by atoms with Gasteiger partial charge in [-0.05, 0) is 61.2 Å². The molecule has 0 N–H and O–H groups in total. The average Bonchev–Trinajstić information content (AvgIpc) is 3.01. The summed E-state index contributed by atoms with van der Waals surface area (Å²) in [5, 5.41) is 0.115. The fourth-order valence-electron chi connectivity index (χ4n) is 2.70. The highest BCUT2D eigenvalue weighted by Crippen LogP contribution is 2.36. The van der Waals surface area contributed by atoms with E-state index in [2.05, 4.69) is 20.3 Å². The van der Waals surface area contributed by atoms with E-state index in [1.165, 1.54) is 24.1 Å². The molecule has 0 saturated carbocycles. The van der Waals surface area contributed by atoms with Crippen LogP contribution in [0.15, 0.2) is 61.1 Å². The molecule has 0 unspecified atom stereocenters. The molecule has 2 aromatic rings. The topological polar surface area (TPSA) is 85.3 Å². The van der Waals surface area contributed by atoms with Crippen LogP contribution in [0.4, 0.5) is 0 Å². The molecule has 0 radical (unpaired) electrons. The van der Waals surface area contributed by atoms with Gasteiger partial charge in [0.25, 0.3) is 15.9 Å². The SMILES string of the molecule is CCN1C(=O)/C(=C/c2ccc(OC)cc2OC)S/C1=N/S(=O)(=O)c1ccc(Br)cc1. The Morgan fingerprint density at radius 3 is 2.43 bits per heavy atom. The minimum Gasteiger partial charge on any atom is -0.497 e. The number of carbonyl (C=O) groups excluding carboxylic acids is 1. The maximum atomic E-state index is 12.8. The van der Waals surface area contributed by atoms with Crippen LogP contribution < -0.4 is 9.47 Å². The van der Waals surface area contributed by atoms with Gasteiger partial charge in [0.2, 0.25) is 0 Å². The lowest BCUT2D eigenvalue weighted by Crippen LogP contribution is -2.29. The zero-order valence-electron chi connectivity index (χ0n) is 16.5. The highest BCUT2D eigenvalue weighted by Gasteiger charge is 2.34. The van der Waals surface area contributed by atoms with E-state index in [0.29, 0.717) is 22.0 Å². The van der Waals surface area contributed by atoms with Crippen molar-refractivity contribution < 1.29 is 22.7 Å². The molecular formula is C20H19BrN2O5S2. The standard InChI is InChI=1S/C20H19BrN2O5S2/c1-4-23-19(24)18(11-13-5-8-15(27-2)12-17(13)28-3)29-20(23)22-30(25,26)16-9-6-14(21)7-10-16/h5-12H,4H2,1-3H3/b18-11-,22-20+. The van der Waals surface area contributed by atoms with Gasteiger partial charge in [-0.25, -0.2) is 0 Å². The summed E-state index contributed by atoms with van der Waals surface area (Å²) in [7, 11) is -0.884. The Bertz CT molecular complexity index is 1130. The zero-order valence-corrected chi connectivity index (χ0v) is 19.7. The van der Waals surface area contributed by atoms with E-state index < -0.39 is 10.0 Å². The van der Waals surface area contributed by atoms with Crippen LogP contribution in [0.1, 0.15) is 12.5 Å². The zero-order chi connectivity index (χ0) is 21.9. The van der Waals surface area contributed by atoms with E-state index >= 15 is 0 Å². The molecule has 158 valence electrons. The van der Waals surface area contributed by atoms with Crippen LogP contribution in [-0.2, 0) is 14.8 Å². The first-order valence-corrected chi connectivity index (χ1v) is 11.9. The summed E-state index contributed by atoms with van der Waals surface area (Å²) in [6.45, 7) is 2.05. The number of sulfonamides is 1. The first-order chi connectivity index (χ1) is 14.3. The van der Waals surface area contributed by atoms with E-state index in [1.807, 2.05) is 0 Å². The van der Waals surface area contributed by atoms with Crippen LogP contribution in [0.5, 0.6) is 11.5 Å². The normalized spacial score (nSPS) is 17.1. The van der Waals surface area contributed by atoms with E-state index in [0.717, 1.165) is 16.2 Å². The van der Waals surface area contributed by atoms with Crippen molar-refractivity contribution in [2.24, 2.45) is 4.40 Å². The Morgan fingerprint density at radius 1 is 1.13 bits per heavy atom. The predicted molar refractivity (Wildman–Crippen MR) is 121 cm³/mol. The fraction of sp³-hybridized carbons (Fsp3) is 0.200. The molecule has 30 heavy (non-hydrogen) atoms. The van der Waals surface area contributed by atoms with Crippen LogP contribution in [0, 0.1) is 0 Å². The second-order valence-electron chi connectivity index (χ2n) is 6.07. The van der Waals surface area contributed by atoms with Crippen molar-refractivity contribution in [1.29, 1.82) is 0 Å². The number of amides is 1. The first-order valence-electron chi connectivity index (χ1n) is 8.83. The lowest BCUT2D eigenvalue weighted by Gasteiger charge is -2.12. The number of carbonyl (C=O) groups is 1. The van der Waals surface area contributed by atoms with Gasteiger partial charge in [0.1, 0.15) is 11.5 Å². The number of halogens is 1. The molecule has 0 aromatic heterocycles. The third-order valence-corrected chi connectivity index (χ3v) is 7.17. The summed E-state index contributed by atoms with van der Waals surface area (Å²) < 4.78 is 40.6. The van der Waals surface area contributed by atoms with Gasteiger partial charge in [-0.2, -0.15) is 8.42 Å². The van der Waals surface area contributed by atoms with Gasteiger partial charge in [0, 0.05) is 22.6 Å².